The molecule has 0 aliphatic carbocycles. The summed E-state index contributed by atoms with van der Waals surface area (Å²) in [6.07, 6.45) is 2.25. The van der Waals surface area contributed by atoms with Crippen molar-refractivity contribution < 1.29 is 9.26 Å². The van der Waals surface area contributed by atoms with Gasteiger partial charge in [-0.15, -0.1) is 0 Å². The van der Waals surface area contributed by atoms with Gasteiger partial charge < -0.3 is 9.26 Å². The Morgan fingerprint density at radius 3 is 2.91 bits per heavy atom. The third-order valence-electron chi connectivity index (χ3n) is 3.89. The molecule has 1 aliphatic rings. The van der Waals surface area contributed by atoms with Crippen LogP contribution in [-0.2, 0) is 0 Å². The largest absolute Gasteiger partial charge is 0.492 e. The van der Waals surface area contributed by atoms with Gasteiger partial charge in [-0.05, 0) is 50.6 Å². The van der Waals surface area contributed by atoms with Crippen LogP contribution in [0.2, 0.25) is 5.02 Å². The van der Waals surface area contributed by atoms with Gasteiger partial charge in [-0.3, -0.25) is 4.90 Å². The second-order valence-corrected chi connectivity index (χ2v) is 6.06. The standard InChI is InChI=1S/C16H20ClN3O2/c1-12-18-16(22-19-12)13-3-2-8-20(11-13)9-10-21-15-6-4-14(17)5-7-15/h4-7,13H,2-3,8-11H2,1H3. The Bertz CT molecular complexity index is 600. The van der Waals surface area contributed by atoms with E-state index in [2.05, 4.69) is 15.0 Å². The lowest BCUT2D eigenvalue weighted by Crippen LogP contribution is -2.37. The zero-order valence-corrected chi connectivity index (χ0v) is 13.4. The summed E-state index contributed by atoms with van der Waals surface area (Å²) < 4.78 is 11.1. The van der Waals surface area contributed by atoms with Gasteiger partial charge in [0, 0.05) is 18.1 Å². The summed E-state index contributed by atoms with van der Waals surface area (Å²) in [5.41, 5.74) is 0. The lowest BCUT2D eigenvalue weighted by Gasteiger charge is -2.30. The average Bonchev–Trinajstić information content (AvgIpc) is 2.96. The number of aromatic nitrogens is 2. The van der Waals surface area contributed by atoms with E-state index in [1.54, 1.807) is 0 Å². The third-order valence-corrected chi connectivity index (χ3v) is 4.14. The maximum Gasteiger partial charge on any atom is 0.231 e. The number of benzene rings is 1. The van der Waals surface area contributed by atoms with E-state index in [-0.39, 0.29) is 0 Å². The lowest BCUT2D eigenvalue weighted by molar-refractivity contribution is 0.157. The summed E-state index contributed by atoms with van der Waals surface area (Å²) in [4.78, 5) is 6.75. The molecule has 1 unspecified atom stereocenters. The first kappa shape index (κ1) is 15.3. The van der Waals surface area contributed by atoms with Crippen molar-refractivity contribution in [1.29, 1.82) is 0 Å². The summed E-state index contributed by atoms with van der Waals surface area (Å²) in [7, 11) is 0. The summed E-state index contributed by atoms with van der Waals surface area (Å²) in [6, 6.07) is 7.46. The summed E-state index contributed by atoms with van der Waals surface area (Å²) in [5.74, 6) is 2.66. The molecule has 6 heteroatoms. The molecule has 0 bridgehead atoms. The zero-order valence-electron chi connectivity index (χ0n) is 12.7. The van der Waals surface area contributed by atoms with Crippen LogP contribution >= 0.6 is 11.6 Å². The van der Waals surface area contributed by atoms with Crippen molar-refractivity contribution in [2.24, 2.45) is 0 Å². The van der Waals surface area contributed by atoms with Crippen LogP contribution in [0.4, 0.5) is 0 Å². The molecule has 118 valence electrons. The van der Waals surface area contributed by atoms with Crippen molar-refractivity contribution in [3.8, 4) is 5.75 Å². The number of ether oxygens (including phenoxy) is 1. The first-order valence-corrected chi connectivity index (χ1v) is 7.99. The van der Waals surface area contributed by atoms with Crippen molar-refractivity contribution in [3.63, 3.8) is 0 Å². The number of hydrogen-bond donors (Lipinski definition) is 0. The summed E-state index contributed by atoms with van der Waals surface area (Å²) >= 11 is 5.86. The molecule has 1 aromatic carbocycles. The number of rotatable bonds is 5. The maximum atomic E-state index is 5.86. The van der Waals surface area contributed by atoms with Crippen LogP contribution in [0.15, 0.2) is 28.8 Å². The SMILES string of the molecule is Cc1noc(C2CCCN(CCOc3ccc(Cl)cc3)C2)n1. The Balaban J connectivity index is 1.47. The van der Waals surface area contributed by atoms with E-state index in [0.29, 0.717) is 18.3 Å². The van der Waals surface area contributed by atoms with Crippen molar-refractivity contribution >= 4 is 11.6 Å². The Morgan fingerprint density at radius 1 is 1.36 bits per heavy atom. The molecule has 0 amide bonds. The quantitative estimate of drug-likeness (QED) is 0.845. The van der Waals surface area contributed by atoms with E-state index >= 15 is 0 Å². The third kappa shape index (κ3) is 3.99. The van der Waals surface area contributed by atoms with E-state index < -0.39 is 0 Å². The molecular formula is C16H20ClN3O2. The minimum atomic E-state index is 0.338. The van der Waals surface area contributed by atoms with Gasteiger partial charge in [-0.1, -0.05) is 16.8 Å². The molecule has 22 heavy (non-hydrogen) atoms. The van der Waals surface area contributed by atoms with Gasteiger partial charge in [0.05, 0.1) is 5.92 Å². The number of piperidine rings is 1. The van der Waals surface area contributed by atoms with Crippen LogP contribution in [0.3, 0.4) is 0 Å². The molecule has 0 saturated carbocycles. The molecule has 0 N–H and O–H groups in total. The van der Waals surface area contributed by atoms with Crippen LogP contribution in [-0.4, -0.2) is 41.3 Å². The number of nitrogens with zero attached hydrogens (tertiary/aromatic N) is 3. The fraction of sp³-hybridized carbons (Fsp3) is 0.500. The fourth-order valence-corrected chi connectivity index (χ4v) is 2.89. The average molecular weight is 322 g/mol. The highest BCUT2D eigenvalue weighted by Gasteiger charge is 2.25. The van der Waals surface area contributed by atoms with Gasteiger partial charge in [0.1, 0.15) is 12.4 Å². The van der Waals surface area contributed by atoms with Crippen LogP contribution in [0, 0.1) is 6.92 Å². The summed E-state index contributed by atoms with van der Waals surface area (Å²) in [6.45, 7) is 5.45. The Morgan fingerprint density at radius 2 is 2.18 bits per heavy atom. The molecule has 1 aliphatic heterocycles. The Kier molecular flexibility index (Phi) is 4.95. The summed E-state index contributed by atoms with van der Waals surface area (Å²) in [5, 5.41) is 4.61. The molecule has 0 radical (unpaired) electrons. The highest BCUT2D eigenvalue weighted by Crippen LogP contribution is 2.25. The normalized spacial score (nSPS) is 19.3. The van der Waals surface area contributed by atoms with Crippen molar-refractivity contribution in [3.05, 3.63) is 41.0 Å². The fourth-order valence-electron chi connectivity index (χ4n) is 2.76. The predicted molar refractivity (Wildman–Crippen MR) is 84.4 cm³/mol. The molecule has 0 spiro atoms. The van der Waals surface area contributed by atoms with E-state index in [9.17, 15) is 0 Å². The van der Waals surface area contributed by atoms with Crippen molar-refractivity contribution in [1.82, 2.24) is 15.0 Å². The molecule has 1 fully saturated rings. The molecule has 1 atom stereocenters. The molecular weight excluding hydrogens is 302 g/mol. The monoisotopic (exact) mass is 321 g/mol. The molecule has 5 nitrogen and oxygen atoms in total. The number of halogens is 1. The molecule has 2 heterocycles. The van der Waals surface area contributed by atoms with Crippen molar-refractivity contribution in [2.75, 3.05) is 26.2 Å². The minimum Gasteiger partial charge on any atom is -0.492 e. The molecule has 2 aromatic rings. The van der Waals surface area contributed by atoms with E-state index in [1.807, 2.05) is 31.2 Å². The first-order valence-electron chi connectivity index (χ1n) is 7.61. The molecule has 3 rings (SSSR count). The first-order chi connectivity index (χ1) is 10.7. The highest BCUT2D eigenvalue weighted by atomic mass is 35.5. The lowest BCUT2D eigenvalue weighted by atomic mass is 9.98. The zero-order chi connectivity index (χ0) is 15.4. The number of aryl methyl sites for hydroxylation is 1. The van der Waals surface area contributed by atoms with E-state index in [4.69, 9.17) is 20.9 Å². The number of likely N-dealkylation sites (tertiary alicyclic amines) is 1. The molecule has 1 aromatic heterocycles. The minimum absolute atomic E-state index is 0.338. The van der Waals surface area contributed by atoms with Gasteiger partial charge >= 0.3 is 0 Å². The van der Waals surface area contributed by atoms with Gasteiger partial charge in [-0.2, -0.15) is 4.98 Å². The smallest absolute Gasteiger partial charge is 0.231 e. The van der Waals surface area contributed by atoms with Crippen LogP contribution < -0.4 is 4.74 Å². The Labute approximate surface area is 135 Å². The van der Waals surface area contributed by atoms with Gasteiger partial charge in [0.25, 0.3) is 0 Å². The van der Waals surface area contributed by atoms with E-state index in [0.717, 1.165) is 49.1 Å². The second kappa shape index (κ2) is 7.11. The van der Waals surface area contributed by atoms with E-state index in [1.165, 1.54) is 0 Å². The maximum absolute atomic E-state index is 5.86. The van der Waals surface area contributed by atoms with Crippen LogP contribution in [0.25, 0.3) is 0 Å². The molecule has 1 saturated heterocycles. The van der Waals surface area contributed by atoms with Crippen LogP contribution in [0.5, 0.6) is 5.75 Å². The second-order valence-electron chi connectivity index (χ2n) is 5.62. The van der Waals surface area contributed by atoms with Gasteiger partial charge in [-0.25, -0.2) is 0 Å². The van der Waals surface area contributed by atoms with Gasteiger partial charge in [0.2, 0.25) is 5.89 Å². The Hall–Kier alpha value is -1.59. The highest BCUT2D eigenvalue weighted by molar-refractivity contribution is 6.30. The van der Waals surface area contributed by atoms with Gasteiger partial charge in [0.15, 0.2) is 5.82 Å². The topological polar surface area (TPSA) is 51.4 Å². The predicted octanol–water partition coefficient (Wildman–Crippen LogP) is 3.29. The number of hydrogen-bond acceptors (Lipinski definition) is 5. The van der Waals surface area contributed by atoms with Crippen LogP contribution in [0.1, 0.15) is 30.5 Å². The van der Waals surface area contributed by atoms with Crippen molar-refractivity contribution in [2.45, 2.75) is 25.7 Å².